The van der Waals surface area contributed by atoms with E-state index in [0.717, 1.165) is 4.21 Å². The lowest BCUT2D eigenvalue weighted by atomic mass is 10.5. The SMILES string of the molecule is CCOC(=O)C(C)Sc1cnns1. The predicted molar refractivity (Wildman–Crippen MR) is 51.9 cm³/mol. The van der Waals surface area contributed by atoms with Crippen LogP contribution < -0.4 is 0 Å². The maximum atomic E-state index is 11.2. The van der Waals surface area contributed by atoms with Gasteiger partial charge in [0.15, 0.2) is 0 Å². The van der Waals surface area contributed by atoms with Crippen LogP contribution >= 0.6 is 23.3 Å². The fraction of sp³-hybridized carbons (Fsp3) is 0.571. The lowest BCUT2D eigenvalue weighted by Gasteiger charge is -2.07. The fourth-order valence-corrected chi connectivity index (χ4v) is 2.29. The van der Waals surface area contributed by atoms with Crippen molar-refractivity contribution in [2.24, 2.45) is 0 Å². The Morgan fingerprint density at radius 1 is 1.85 bits per heavy atom. The van der Waals surface area contributed by atoms with Crippen LogP contribution in [0.3, 0.4) is 0 Å². The van der Waals surface area contributed by atoms with Crippen molar-refractivity contribution in [3.05, 3.63) is 6.20 Å². The van der Waals surface area contributed by atoms with Gasteiger partial charge in [0.05, 0.1) is 12.8 Å². The Morgan fingerprint density at radius 3 is 3.15 bits per heavy atom. The summed E-state index contributed by atoms with van der Waals surface area (Å²) in [6, 6.07) is 0. The molecule has 0 amide bonds. The summed E-state index contributed by atoms with van der Waals surface area (Å²) < 4.78 is 9.49. The van der Waals surface area contributed by atoms with Crippen molar-refractivity contribution in [3.8, 4) is 0 Å². The first kappa shape index (κ1) is 10.5. The third-order valence-electron chi connectivity index (χ3n) is 1.25. The van der Waals surface area contributed by atoms with E-state index in [4.69, 9.17) is 4.74 Å². The molecule has 0 aliphatic heterocycles. The van der Waals surface area contributed by atoms with Gasteiger partial charge in [-0.25, -0.2) is 0 Å². The third kappa shape index (κ3) is 3.31. The van der Waals surface area contributed by atoms with Crippen molar-refractivity contribution < 1.29 is 9.53 Å². The normalized spacial score (nSPS) is 12.5. The summed E-state index contributed by atoms with van der Waals surface area (Å²) in [5.74, 6) is -0.194. The second kappa shape index (κ2) is 5.18. The van der Waals surface area contributed by atoms with Crippen molar-refractivity contribution >= 4 is 29.3 Å². The van der Waals surface area contributed by atoms with E-state index in [1.165, 1.54) is 23.3 Å². The molecule has 0 N–H and O–H groups in total. The highest BCUT2D eigenvalue weighted by Gasteiger charge is 2.16. The number of carbonyl (C=O) groups excluding carboxylic acids is 1. The quantitative estimate of drug-likeness (QED) is 0.567. The van der Waals surface area contributed by atoms with Gasteiger partial charge in [0.1, 0.15) is 9.46 Å². The van der Waals surface area contributed by atoms with Crippen molar-refractivity contribution in [1.82, 2.24) is 9.59 Å². The molecule has 1 aromatic rings. The van der Waals surface area contributed by atoms with Crippen molar-refractivity contribution in [2.75, 3.05) is 6.61 Å². The molecule has 0 bridgehead atoms. The number of thioether (sulfide) groups is 1. The molecule has 6 heteroatoms. The number of carbonyl (C=O) groups is 1. The van der Waals surface area contributed by atoms with E-state index in [0.29, 0.717) is 6.61 Å². The van der Waals surface area contributed by atoms with E-state index in [1.54, 1.807) is 13.1 Å². The molecular weight excluding hydrogens is 208 g/mol. The molecule has 1 atom stereocenters. The van der Waals surface area contributed by atoms with Crippen LogP contribution in [0.15, 0.2) is 10.4 Å². The molecule has 0 radical (unpaired) electrons. The molecular formula is C7H10N2O2S2. The summed E-state index contributed by atoms with van der Waals surface area (Å²) in [7, 11) is 0. The zero-order valence-corrected chi connectivity index (χ0v) is 9.02. The van der Waals surface area contributed by atoms with E-state index >= 15 is 0 Å². The van der Waals surface area contributed by atoms with Crippen LogP contribution in [0, 0.1) is 0 Å². The summed E-state index contributed by atoms with van der Waals surface area (Å²) in [4.78, 5) is 11.2. The van der Waals surface area contributed by atoms with E-state index < -0.39 is 0 Å². The standard InChI is InChI=1S/C7H10N2O2S2/c1-3-11-7(10)5(2)12-6-4-8-9-13-6/h4-5H,3H2,1-2H3. The van der Waals surface area contributed by atoms with Gasteiger partial charge < -0.3 is 4.74 Å². The van der Waals surface area contributed by atoms with Crippen LogP contribution in [-0.2, 0) is 9.53 Å². The van der Waals surface area contributed by atoms with Gasteiger partial charge >= 0.3 is 5.97 Å². The van der Waals surface area contributed by atoms with E-state index in [1.807, 2.05) is 6.92 Å². The topological polar surface area (TPSA) is 52.1 Å². The Labute approximate surface area is 84.8 Å². The molecule has 1 heterocycles. The maximum Gasteiger partial charge on any atom is 0.319 e. The highest BCUT2D eigenvalue weighted by atomic mass is 32.2. The summed E-state index contributed by atoms with van der Waals surface area (Å²) in [5, 5.41) is 3.48. The zero-order chi connectivity index (χ0) is 9.68. The minimum Gasteiger partial charge on any atom is -0.465 e. The molecule has 0 aromatic carbocycles. The van der Waals surface area contributed by atoms with Gasteiger partial charge in [0, 0.05) is 0 Å². The van der Waals surface area contributed by atoms with Gasteiger partial charge in [-0.1, -0.05) is 16.3 Å². The molecule has 4 nitrogen and oxygen atoms in total. The second-order valence-corrected chi connectivity index (χ2v) is 4.68. The lowest BCUT2D eigenvalue weighted by molar-refractivity contribution is -0.142. The number of rotatable bonds is 4. The first-order chi connectivity index (χ1) is 6.24. The van der Waals surface area contributed by atoms with Crippen LogP contribution in [0.5, 0.6) is 0 Å². The average Bonchev–Trinajstić information content (AvgIpc) is 2.57. The average molecular weight is 218 g/mol. The van der Waals surface area contributed by atoms with Crippen LogP contribution in [-0.4, -0.2) is 27.4 Å². The molecule has 1 aromatic heterocycles. The van der Waals surface area contributed by atoms with Crippen molar-refractivity contribution in [2.45, 2.75) is 23.3 Å². The predicted octanol–water partition coefficient (Wildman–Crippen LogP) is 1.58. The molecule has 0 fully saturated rings. The minimum absolute atomic E-state index is 0.192. The molecule has 13 heavy (non-hydrogen) atoms. The summed E-state index contributed by atoms with van der Waals surface area (Å²) in [6.07, 6.45) is 1.64. The van der Waals surface area contributed by atoms with E-state index in [2.05, 4.69) is 9.59 Å². The Kier molecular flexibility index (Phi) is 4.17. The van der Waals surface area contributed by atoms with Gasteiger partial charge in [0.2, 0.25) is 0 Å². The monoisotopic (exact) mass is 218 g/mol. The highest BCUT2D eigenvalue weighted by Crippen LogP contribution is 2.25. The first-order valence-electron chi connectivity index (χ1n) is 3.84. The van der Waals surface area contributed by atoms with Gasteiger partial charge in [-0.3, -0.25) is 4.79 Å². The minimum atomic E-state index is -0.194. The Balaban J connectivity index is 2.41. The molecule has 72 valence electrons. The van der Waals surface area contributed by atoms with Crippen LogP contribution in [0.2, 0.25) is 0 Å². The van der Waals surface area contributed by atoms with E-state index in [-0.39, 0.29) is 11.2 Å². The van der Waals surface area contributed by atoms with E-state index in [9.17, 15) is 4.79 Å². The number of nitrogens with zero attached hydrogens (tertiary/aromatic N) is 2. The zero-order valence-electron chi connectivity index (χ0n) is 7.39. The lowest BCUT2D eigenvalue weighted by Crippen LogP contribution is -2.16. The third-order valence-corrected chi connectivity index (χ3v) is 3.11. The first-order valence-corrected chi connectivity index (χ1v) is 5.50. The van der Waals surface area contributed by atoms with Crippen molar-refractivity contribution in [1.29, 1.82) is 0 Å². The van der Waals surface area contributed by atoms with Gasteiger partial charge in [-0.15, -0.1) is 5.10 Å². The number of hydrogen-bond donors (Lipinski definition) is 0. The van der Waals surface area contributed by atoms with Crippen LogP contribution in [0.1, 0.15) is 13.8 Å². The molecule has 0 spiro atoms. The molecule has 0 aliphatic carbocycles. The highest BCUT2D eigenvalue weighted by molar-refractivity contribution is 8.02. The molecule has 0 saturated heterocycles. The van der Waals surface area contributed by atoms with Gasteiger partial charge in [-0.05, 0) is 25.4 Å². The Morgan fingerprint density at radius 2 is 2.62 bits per heavy atom. The maximum absolute atomic E-state index is 11.2. The van der Waals surface area contributed by atoms with Crippen LogP contribution in [0.4, 0.5) is 0 Å². The van der Waals surface area contributed by atoms with Gasteiger partial charge in [0.25, 0.3) is 0 Å². The number of aromatic nitrogens is 2. The second-order valence-electron chi connectivity index (χ2n) is 2.25. The van der Waals surface area contributed by atoms with Crippen LogP contribution in [0.25, 0.3) is 0 Å². The number of ether oxygens (including phenoxy) is 1. The molecule has 1 rings (SSSR count). The van der Waals surface area contributed by atoms with Crippen molar-refractivity contribution in [3.63, 3.8) is 0 Å². The summed E-state index contributed by atoms with van der Waals surface area (Å²) in [5.41, 5.74) is 0. The molecule has 0 saturated carbocycles. The number of hydrogen-bond acceptors (Lipinski definition) is 6. The Hall–Kier alpha value is -0.620. The fourth-order valence-electron chi connectivity index (χ4n) is 0.692. The summed E-state index contributed by atoms with van der Waals surface area (Å²) >= 11 is 2.70. The largest absolute Gasteiger partial charge is 0.465 e. The molecule has 0 aliphatic rings. The van der Waals surface area contributed by atoms with Gasteiger partial charge in [-0.2, -0.15) is 0 Å². The Bertz CT molecular complexity index is 263. The summed E-state index contributed by atoms with van der Waals surface area (Å²) in [6.45, 7) is 4.02. The number of esters is 1. The molecule has 1 unspecified atom stereocenters. The smallest absolute Gasteiger partial charge is 0.319 e.